The fourth-order valence-electron chi connectivity index (χ4n) is 1.71. The molecule has 1 rings (SSSR count). The van der Waals surface area contributed by atoms with Crippen molar-refractivity contribution in [3.63, 3.8) is 0 Å². The summed E-state index contributed by atoms with van der Waals surface area (Å²) in [6.07, 6.45) is 2.07. The molecule has 5 heteroatoms. The van der Waals surface area contributed by atoms with Crippen LogP contribution in [0.2, 0.25) is 0 Å². The average Bonchev–Trinajstić information content (AvgIpc) is 2.42. The second-order valence-corrected chi connectivity index (χ2v) is 4.24. The quantitative estimate of drug-likeness (QED) is 0.712. The number of hydrogen-bond donors (Lipinski definition) is 2. The zero-order valence-corrected chi connectivity index (χ0v) is 12.1. The van der Waals surface area contributed by atoms with Crippen molar-refractivity contribution in [2.45, 2.75) is 25.4 Å². The van der Waals surface area contributed by atoms with Crippen LogP contribution in [0.1, 0.15) is 18.4 Å². The molecule has 1 amide bonds. The van der Waals surface area contributed by atoms with Crippen molar-refractivity contribution in [1.82, 2.24) is 5.32 Å². The van der Waals surface area contributed by atoms with E-state index in [-0.39, 0.29) is 24.4 Å². The fourth-order valence-corrected chi connectivity index (χ4v) is 1.71. The molecule has 3 N–H and O–H groups in total. The largest absolute Gasteiger partial charge is 0.380 e. The van der Waals surface area contributed by atoms with Crippen molar-refractivity contribution in [3.05, 3.63) is 35.9 Å². The Labute approximate surface area is 121 Å². The van der Waals surface area contributed by atoms with E-state index in [2.05, 4.69) is 17.4 Å². The van der Waals surface area contributed by atoms with Crippen molar-refractivity contribution < 1.29 is 9.53 Å². The topological polar surface area (TPSA) is 64.3 Å². The summed E-state index contributed by atoms with van der Waals surface area (Å²) < 4.78 is 5.06. The molecule has 1 aromatic rings. The van der Waals surface area contributed by atoms with Crippen LogP contribution < -0.4 is 11.1 Å². The van der Waals surface area contributed by atoms with Crippen LogP contribution in [0.25, 0.3) is 0 Å². The van der Waals surface area contributed by atoms with Gasteiger partial charge in [0.05, 0.1) is 12.5 Å². The van der Waals surface area contributed by atoms with Crippen LogP contribution in [0.3, 0.4) is 0 Å². The van der Waals surface area contributed by atoms with Crippen LogP contribution in [-0.2, 0) is 16.0 Å². The van der Waals surface area contributed by atoms with Crippen molar-refractivity contribution in [2.75, 3.05) is 20.2 Å². The number of hydrogen-bond acceptors (Lipinski definition) is 3. The lowest BCUT2D eigenvalue weighted by molar-refractivity contribution is -0.123. The summed E-state index contributed by atoms with van der Waals surface area (Å²) in [4.78, 5) is 11.5. The number of nitrogens with two attached hydrogens (primary N) is 1. The molecule has 0 radical (unpaired) electrons. The maximum Gasteiger partial charge on any atom is 0.222 e. The van der Waals surface area contributed by atoms with E-state index >= 15 is 0 Å². The van der Waals surface area contributed by atoms with Gasteiger partial charge in [0.2, 0.25) is 5.91 Å². The van der Waals surface area contributed by atoms with Crippen molar-refractivity contribution >= 4 is 18.3 Å². The van der Waals surface area contributed by atoms with Crippen LogP contribution in [0.5, 0.6) is 0 Å². The van der Waals surface area contributed by atoms with Crippen molar-refractivity contribution in [2.24, 2.45) is 5.73 Å². The first kappa shape index (κ1) is 17.9. The molecule has 0 bridgehead atoms. The zero-order valence-electron chi connectivity index (χ0n) is 11.3. The van der Waals surface area contributed by atoms with Gasteiger partial charge >= 0.3 is 0 Å². The molecule has 0 saturated heterocycles. The summed E-state index contributed by atoms with van der Waals surface area (Å²) in [7, 11) is 1.57. The highest BCUT2D eigenvalue weighted by Gasteiger charge is 2.10. The summed E-state index contributed by atoms with van der Waals surface area (Å²) in [6, 6.07) is 10.2. The monoisotopic (exact) mass is 286 g/mol. The van der Waals surface area contributed by atoms with Gasteiger partial charge in [-0.25, -0.2) is 0 Å². The Bertz CT molecular complexity index is 343. The number of ether oxygens (including phenoxy) is 1. The molecule has 0 aliphatic carbocycles. The van der Waals surface area contributed by atoms with Gasteiger partial charge in [0.15, 0.2) is 0 Å². The van der Waals surface area contributed by atoms with Crippen LogP contribution >= 0.6 is 12.4 Å². The number of halogens is 1. The van der Waals surface area contributed by atoms with Crippen LogP contribution in [0.15, 0.2) is 30.3 Å². The fraction of sp³-hybridized carbons (Fsp3) is 0.500. The maximum absolute atomic E-state index is 11.5. The molecule has 0 fully saturated rings. The molecular formula is C14H23ClN2O2. The third-order valence-corrected chi connectivity index (χ3v) is 2.82. The molecule has 1 atom stereocenters. The Kier molecular flexibility index (Phi) is 10.2. The van der Waals surface area contributed by atoms with E-state index in [0.29, 0.717) is 19.5 Å². The van der Waals surface area contributed by atoms with E-state index in [0.717, 1.165) is 12.8 Å². The Morgan fingerprint density at radius 2 is 2.05 bits per heavy atom. The summed E-state index contributed by atoms with van der Waals surface area (Å²) in [5.74, 6) is 0.000335. The van der Waals surface area contributed by atoms with Gasteiger partial charge in [0.1, 0.15) is 0 Å². The highest BCUT2D eigenvalue weighted by Crippen LogP contribution is 2.01. The average molecular weight is 287 g/mol. The van der Waals surface area contributed by atoms with Gasteiger partial charge in [0.25, 0.3) is 0 Å². The summed E-state index contributed by atoms with van der Waals surface area (Å²) in [5.41, 5.74) is 6.75. The van der Waals surface area contributed by atoms with Crippen LogP contribution in [0.4, 0.5) is 0 Å². The third-order valence-electron chi connectivity index (χ3n) is 2.82. The van der Waals surface area contributed by atoms with Gasteiger partial charge in [-0.15, -0.1) is 12.4 Å². The smallest absolute Gasteiger partial charge is 0.222 e. The van der Waals surface area contributed by atoms with Gasteiger partial charge in [-0.2, -0.15) is 0 Å². The number of amides is 1. The first-order chi connectivity index (χ1) is 8.76. The van der Waals surface area contributed by atoms with Gasteiger partial charge in [-0.3, -0.25) is 4.79 Å². The first-order valence-corrected chi connectivity index (χ1v) is 6.29. The minimum Gasteiger partial charge on any atom is -0.380 e. The van der Waals surface area contributed by atoms with Gasteiger partial charge in [0, 0.05) is 20.2 Å². The standard InChI is InChI=1S/C14H22N2O2.ClH/c1-18-13(11-15)10-14(17)16-9-5-8-12-6-3-2-4-7-12;/h2-4,6-7,13H,5,8-11,15H2,1H3,(H,16,17);1H. The second-order valence-electron chi connectivity index (χ2n) is 4.24. The molecule has 0 aliphatic rings. The molecule has 0 saturated carbocycles. The molecule has 0 aromatic heterocycles. The van der Waals surface area contributed by atoms with Gasteiger partial charge in [-0.1, -0.05) is 30.3 Å². The van der Waals surface area contributed by atoms with Gasteiger partial charge in [-0.05, 0) is 18.4 Å². The molecule has 0 aliphatic heterocycles. The van der Waals surface area contributed by atoms with Crippen LogP contribution in [0, 0.1) is 0 Å². The number of methoxy groups -OCH3 is 1. The zero-order chi connectivity index (χ0) is 13.2. The number of carbonyl (C=O) groups is 1. The van der Waals surface area contributed by atoms with Crippen molar-refractivity contribution in [3.8, 4) is 0 Å². The number of carbonyl (C=O) groups excluding carboxylic acids is 1. The molecule has 1 aromatic carbocycles. The van der Waals surface area contributed by atoms with E-state index in [4.69, 9.17) is 10.5 Å². The normalized spacial score (nSPS) is 11.5. The first-order valence-electron chi connectivity index (χ1n) is 6.29. The molecule has 4 nitrogen and oxygen atoms in total. The Hall–Kier alpha value is -1.10. The molecule has 0 heterocycles. The summed E-state index contributed by atoms with van der Waals surface area (Å²) in [5, 5.41) is 2.88. The minimum atomic E-state index is -0.181. The Balaban J connectivity index is 0.00000324. The van der Waals surface area contributed by atoms with E-state index in [1.165, 1.54) is 5.56 Å². The van der Waals surface area contributed by atoms with Crippen molar-refractivity contribution in [1.29, 1.82) is 0 Å². The van der Waals surface area contributed by atoms with E-state index < -0.39 is 0 Å². The lowest BCUT2D eigenvalue weighted by atomic mass is 10.1. The summed E-state index contributed by atoms with van der Waals surface area (Å²) >= 11 is 0. The molecular weight excluding hydrogens is 264 g/mol. The number of benzene rings is 1. The minimum absolute atomic E-state index is 0. The number of rotatable bonds is 8. The third kappa shape index (κ3) is 7.82. The number of aryl methyl sites for hydroxylation is 1. The molecule has 19 heavy (non-hydrogen) atoms. The van der Waals surface area contributed by atoms with E-state index in [1.54, 1.807) is 7.11 Å². The lowest BCUT2D eigenvalue weighted by Crippen LogP contribution is -2.32. The van der Waals surface area contributed by atoms with Crippen LogP contribution in [-0.4, -0.2) is 32.2 Å². The van der Waals surface area contributed by atoms with E-state index in [1.807, 2.05) is 18.2 Å². The molecule has 1 unspecified atom stereocenters. The highest BCUT2D eigenvalue weighted by molar-refractivity contribution is 5.85. The number of nitrogens with one attached hydrogen (secondary N) is 1. The molecule has 108 valence electrons. The SMILES string of the molecule is COC(CN)CC(=O)NCCCc1ccccc1.Cl. The highest BCUT2D eigenvalue weighted by atomic mass is 35.5. The lowest BCUT2D eigenvalue weighted by Gasteiger charge is -2.12. The van der Waals surface area contributed by atoms with Gasteiger partial charge < -0.3 is 15.8 Å². The van der Waals surface area contributed by atoms with E-state index in [9.17, 15) is 4.79 Å². The second kappa shape index (κ2) is 10.8. The Morgan fingerprint density at radius 3 is 2.63 bits per heavy atom. The molecule has 0 spiro atoms. The summed E-state index contributed by atoms with van der Waals surface area (Å²) in [6.45, 7) is 1.06. The predicted molar refractivity (Wildman–Crippen MR) is 79.5 cm³/mol. The Morgan fingerprint density at radius 1 is 1.37 bits per heavy atom. The maximum atomic E-state index is 11.5. The predicted octanol–water partition coefficient (Wildman–Crippen LogP) is 1.52.